The van der Waals surface area contributed by atoms with E-state index in [-0.39, 0.29) is 0 Å². The maximum absolute atomic E-state index is 5.79. The van der Waals surface area contributed by atoms with E-state index in [0.717, 1.165) is 25.3 Å². The summed E-state index contributed by atoms with van der Waals surface area (Å²) in [6.45, 7) is 1.64. The van der Waals surface area contributed by atoms with Crippen molar-refractivity contribution >= 4 is 23.0 Å². The van der Waals surface area contributed by atoms with Crippen molar-refractivity contribution in [2.75, 3.05) is 18.5 Å². The van der Waals surface area contributed by atoms with Crippen molar-refractivity contribution in [2.45, 2.75) is 38.2 Å². The van der Waals surface area contributed by atoms with Crippen LogP contribution < -0.4 is 10.6 Å². The summed E-state index contributed by atoms with van der Waals surface area (Å²) in [7, 11) is 0. The van der Waals surface area contributed by atoms with Gasteiger partial charge in [-0.1, -0.05) is 12.8 Å². The molecule has 19 heavy (non-hydrogen) atoms. The van der Waals surface area contributed by atoms with Gasteiger partial charge in [-0.05, 0) is 43.6 Å². The van der Waals surface area contributed by atoms with Crippen LogP contribution in [0.4, 0.5) is 5.69 Å². The van der Waals surface area contributed by atoms with E-state index in [9.17, 15) is 0 Å². The van der Waals surface area contributed by atoms with E-state index in [1.165, 1.54) is 25.7 Å². The summed E-state index contributed by atoms with van der Waals surface area (Å²) in [5.41, 5.74) is 0.905. The lowest BCUT2D eigenvalue weighted by atomic mass is 10.3. The molecule has 1 heterocycles. The lowest BCUT2D eigenvalue weighted by molar-refractivity contribution is 0.0574. The number of pyridine rings is 1. The summed E-state index contributed by atoms with van der Waals surface area (Å²) < 4.78 is 5.79. The Morgan fingerprint density at radius 2 is 2.26 bits per heavy atom. The van der Waals surface area contributed by atoms with E-state index < -0.39 is 0 Å². The molecule has 1 aromatic rings. The van der Waals surface area contributed by atoms with E-state index in [4.69, 9.17) is 17.0 Å². The van der Waals surface area contributed by atoms with Crippen molar-refractivity contribution in [1.29, 1.82) is 0 Å². The van der Waals surface area contributed by atoms with Crippen molar-refractivity contribution < 1.29 is 4.74 Å². The summed E-state index contributed by atoms with van der Waals surface area (Å²) in [4.78, 5) is 4.02. The molecule has 0 aliphatic heterocycles. The summed E-state index contributed by atoms with van der Waals surface area (Å²) >= 11 is 5.20. The molecule has 4 nitrogen and oxygen atoms in total. The van der Waals surface area contributed by atoms with E-state index in [0.29, 0.717) is 11.2 Å². The van der Waals surface area contributed by atoms with Crippen LogP contribution in [0.5, 0.6) is 0 Å². The monoisotopic (exact) mass is 279 g/mol. The summed E-state index contributed by atoms with van der Waals surface area (Å²) in [5.74, 6) is 0. The van der Waals surface area contributed by atoms with Gasteiger partial charge in [0.1, 0.15) is 0 Å². The van der Waals surface area contributed by atoms with Crippen LogP contribution in [0.25, 0.3) is 0 Å². The zero-order chi connectivity index (χ0) is 13.3. The average molecular weight is 279 g/mol. The van der Waals surface area contributed by atoms with Gasteiger partial charge in [-0.25, -0.2) is 0 Å². The zero-order valence-corrected chi connectivity index (χ0v) is 11.9. The molecule has 0 spiro atoms. The van der Waals surface area contributed by atoms with Crippen LogP contribution in [0.1, 0.15) is 32.1 Å². The topological polar surface area (TPSA) is 46.2 Å². The predicted octanol–water partition coefficient (Wildman–Crippen LogP) is 2.72. The van der Waals surface area contributed by atoms with Crippen molar-refractivity contribution in [1.82, 2.24) is 10.3 Å². The molecular weight excluding hydrogens is 258 g/mol. The van der Waals surface area contributed by atoms with Gasteiger partial charge < -0.3 is 15.4 Å². The number of nitrogens with zero attached hydrogens (tertiary/aromatic N) is 1. The fourth-order valence-corrected chi connectivity index (χ4v) is 2.41. The molecule has 1 saturated carbocycles. The fraction of sp³-hybridized carbons (Fsp3) is 0.571. The Morgan fingerprint density at radius 3 is 3.00 bits per heavy atom. The summed E-state index contributed by atoms with van der Waals surface area (Å²) in [6, 6.07) is 3.81. The molecule has 1 aliphatic rings. The molecule has 0 aromatic carbocycles. The molecule has 0 atom stereocenters. The second-order valence-electron chi connectivity index (χ2n) is 4.75. The van der Waals surface area contributed by atoms with Crippen molar-refractivity contribution in [3.8, 4) is 0 Å². The highest BCUT2D eigenvalue weighted by atomic mass is 32.1. The maximum Gasteiger partial charge on any atom is 0.170 e. The largest absolute Gasteiger partial charge is 0.378 e. The summed E-state index contributed by atoms with van der Waals surface area (Å²) in [5, 5.41) is 6.89. The van der Waals surface area contributed by atoms with Gasteiger partial charge in [0.25, 0.3) is 0 Å². The SMILES string of the molecule is S=C(NCCCOC1CCCC1)Nc1cccnc1. The zero-order valence-electron chi connectivity index (χ0n) is 11.1. The van der Waals surface area contributed by atoms with Gasteiger partial charge >= 0.3 is 0 Å². The third-order valence-electron chi connectivity index (χ3n) is 3.18. The third kappa shape index (κ3) is 5.53. The number of rotatable bonds is 6. The minimum atomic E-state index is 0.500. The van der Waals surface area contributed by atoms with Gasteiger partial charge in [0.05, 0.1) is 18.0 Å². The number of anilines is 1. The molecular formula is C14H21N3OS. The highest BCUT2D eigenvalue weighted by Gasteiger charge is 2.14. The van der Waals surface area contributed by atoms with Crippen molar-refractivity contribution in [3.05, 3.63) is 24.5 Å². The lowest BCUT2D eigenvalue weighted by Crippen LogP contribution is -2.30. The number of nitrogens with one attached hydrogen (secondary N) is 2. The Bertz CT molecular complexity index is 380. The van der Waals surface area contributed by atoms with Gasteiger partial charge in [-0.3, -0.25) is 4.98 Å². The van der Waals surface area contributed by atoms with Gasteiger partial charge in [-0.2, -0.15) is 0 Å². The first-order valence-electron chi connectivity index (χ1n) is 6.91. The highest BCUT2D eigenvalue weighted by molar-refractivity contribution is 7.80. The molecule has 0 radical (unpaired) electrons. The molecule has 1 fully saturated rings. The first-order chi connectivity index (χ1) is 9.34. The van der Waals surface area contributed by atoms with Gasteiger partial charge in [-0.15, -0.1) is 0 Å². The molecule has 0 bridgehead atoms. The molecule has 2 rings (SSSR count). The number of hydrogen-bond donors (Lipinski definition) is 2. The Hall–Kier alpha value is -1.20. The van der Waals surface area contributed by atoms with Crippen LogP contribution in [0.15, 0.2) is 24.5 Å². The minimum Gasteiger partial charge on any atom is -0.378 e. The van der Waals surface area contributed by atoms with E-state index >= 15 is 0 Å². The normalized spacial score (nSPS) is 15.4. The molecule has 0 saturated heterocycles. The maximum atomic E-state index is 5.79. The molecule has 1 aromatic heterocycles. The third-order valence-corrected chi connectivity index (χ3v) is 3.43. The van der Waals surface area contributed by atoms with Crippen LogP contribution in [0.2, 0.25) is 0 Å². The Balaban J connectivity index is 1.51. The van der Waals surface area contributed by atoms with Gasteiger partial charge in [0, 0.05) is 19.3 Å². The van der Waals surface area contributed by atoms with Crippen LogP contribution in [0, 0.1) is 0 Å². The predicted molar refractivity (Wildman–Crippen MR) is 81.3 cm³/mol. The number of thiocarbonyl (C=S) groups is 1. The fourth-order valence-electron chi connectivity index (χ4n) is 2.19. The van der Waals surface area contributed by atoms with Crippen LogP contribution in [-0.4, -0.2) is 29.4 Å². The Morgan fingerprint density at radius 1 is 1.42 bits per heavy atom. The standard InChI is InChI=1S/C14H21N3OS/c19-14(17-12-5-3-8-15-11-12)16-9-4-10-18-13-6-1-2-7-13/h3,5,8,11,13H,1-2,4,6-7,9-10H2,(H2,16,17,19). The minimum absolute atomic E-state index is 0.500. The average Bonchev–Trinajstić information content (AvgIpc) is 2.92. The van der Waals surface area contributed by atoms with Crippen LogP contribution in [0.3, 0.4) is 0 Å². The molecule has 1 aliphatic carbocycles. The molecule has 104 valence electrons. The van der Waals surface area contributed by atoms with E-state index in [1.807, 2.05) is 12.1 Å². The molecule has 0 unspecified atom stereocenters. The molecule has 5 heteroatoms. The Labute approximate surface area is 120 Å². The van der Waals surface area contributed by atoms with E-state index in [2.05, 4.69) is 15.6 Å². The van der Waals surface area contributed by atoms with E-state index in [1.54, 1.807) is 12.4 Å². The first kappa shape index (κ1) is 14.2. The molecule has 2 N–H and O–H groups in total. The first-order valence-corrected chi connectivity index (χ1v) is 7.32. The second kappa shape index (κ2) is 8.07. The number of hydrogen-bond acceptors (Lipinski definition) is 3. The molecule has 0 amide bonds. The summed E-state index contributed by atoms with van der Waals surface area (Å²) in [6.07, 6.45) is 10.1. The van der Waals surface area contributed by atoms with Gasteiger partial charge in [0.2, 0.25) is 0 Å². The van der Waals surface area contributed by atoms with Gasteiger partial charge in [0.15, 0.2) is 5.11 Å². The van der Waals surface area contributed by atoms with Crippen molar-refractivity contribution in [3.63, 3.8) is 0 Å². The number of ether oxygens (including phenoxy) is 1. The quantitative estimate of drug-likeness (QED) is 0.619. The van der Waals surface area contributed by atoms with Crippen molar-refractivity contribution in [2.24, 2.45) is 0 Å². The van der Waals surface area contributed by atoms with Crippen LogP contribution >= 0.6 is 12.2 Å². The highest BCUT2D eigenvalue weighted by Crippen LogP contribution is 2.20. The number of aromatic nitrogens is 1. The lowest BCUT2D eigenvalue weighted by Gasteiger charge is -2.12. The second-order valence-corrected chi connectivity index (χ2v) is 5.16. The Kier molecular flexibility index (Phi) is 6.04. The van der Waals surface area contributed by atoms with Crippen LogP contribution in [-0.2, 0) is 4.74 Å². The smallest absolute Gasteiger partial charge is 0.170 e.